The maximum Gasteiger partial charge on any atom is -0.00224 e. The van der Waals surface area contributed by atoms with Gasteiger partial charge in [-0.25, -0.2) is 0 Å². The van der Waals surface area contributed by atoms with Crippen LogP contribution in [-0.2, 0) is 0 Å². The van der Waals surface area contributed by atoms with Gasteiger partial charge in [-0.3, -0.25) is 0 Å². The van der Waals surface area contributed by atoms with Crippen molar-refractivity contribution in [3.63, 3.8) is 0 Å². The second kappa shape index (κ2) is 20.3. The van der Waals surface area contributed by atoms with Gasteiger partial charge in [0.15, 0.2) is 0 Å². The lowest BCUT2D eigenvalue weighted by molar-refractivity contribution is 0.369. The highest BCUT2D eigenvalue weighted by Crippen LogP contribution is 1.98. The molecule has 102 valence electrons. The molecule has 0 unspecified atom stereocenters. The zero-order chi connectivity index (χ0) is 13.4. The van der Waals surface area contributed by atoms with E-state index >= 15 is 0 Å². The first-order valence-electron chi connectivity index (χ1n) is 6.83. The molecule has 16 heavy (non-hydrogen) atoms. The second-order valence-corrected chi connectivity index (χ2v) is 4.44. The lowest BCUT2D eigenvalue weighted by Crippen LogP contribution is -2.14. The van der Waals surface area contributed by atoms with Gasteiger partial charge < -0.3 is 10.2 Å². The minimum atomic E-state index is 0.845. The molecule has 1 N–H and O–H groups in total. The van der Waals surface area contributed by atoms with Gasteiger partial charge in [-0.05, 0) is 53.0 Å². The first-order chi connectivity index (χ1) is 7.54. The highest BCUT2D eigenvalue weighted by atomic mass is 15.0. The summed E-state index contributed by atoms with van der Waals surface area (Å²) in [6.07, 6.45) is 3.91. The van der Waals surface area contributed by atoms with Crippen LogP contribution in [0.25, 0.3) is 0 Å². The smallest absolute Gasteiger partial charge is 0.00224 e. The van der Waals surface area contributed by atoms with Crippen LogP contribution >= 0.6 is 0 Å². The molecule has 0 spiro atoms. The molecule has 0 bridgehead atoms. The molecule has 0 amide bonds. The normalized spacial score (nSPS) is 9.38. The van der Waals surface area contributed by atoms with Crippen molar-refractivity contribution in [2.45, 2.75) is 53.9 Å². The average molecular weight is 232 g/mol. The van der Waals surface area contributed by atoms with Gasteiger partial charge in [0.25, 0.3) is 0 Å². The van der Waals surface area contributed by atoms with Crippen molar-refractivity contribution in [1.82, 2.24) is 10.2 Å². The molecule has 0 aliphatic heterocycles. The monoisotopic (exact) mass is 232 g/mol. The van der Waals surface area contributed by atoms with Gasteiger partial charge in [0.05, 0.1) is 0 Å². The van der Waals surface area contributed by atoms with Crippen molar-refractivity contribution in [1.29, 1.82) is 0 Å². The molecule has 0 heterocycles. The van der Waals surface area contributed by atoms with Gasteiger partial charge in [0.2, 0.25) is 0 Å². The molecule has 0 aromatic rings. The number of hydrogen-bond donors (Lipinski definition) is 1. The van der Waals surface area contributed by atoms with E-state index in [4.69, 9.17) is 0 Å². The van der Waals surface area contributed by atoms with E-state index in [1.165, 1.54) is 25.8 Å². The van der Waals surface area contributed by atoms with Crippen LogP contribution in [0.2, 0.25) is 0 Å². The third-order valence-electron chi connectivity index (χ3n) is 1.93. The molecule has 0 saturated heterocycles. The Hall–Kier alpha value is -0.0800. The van der Waals surface area contributed by atoms with E-state index in [1.807, 2.05) is 20.9 Å². The van der Waals surface area contributed by atoms with Crippen molar-refractivity contribution in [3.8, 4) is 0 Å². The third-order valence-corrected chi connectivity index (χ3v) is 1.93. The van der Waals surface area contributed by atoms with Crippen molar-refractivity contribution in [2.24, 2.45) is 5.92 Å². The Kier molecular flexibility index (Phi) is 27.0. The maximum atomic E-state index is 3.07. The van der Waals surface area contributed by atoms with E-state index in [-0.39, 0.29) is 0 Å². The standard InChI is InChI=1S/C7H17N.C5H13N.C2H6/c1-7(2)5-6-8(3)4;1-3-4-5-6-2;1-2/h7H,5-6H2,1-4H3;6H,3-5H2,1-2H3;1-2H3. The molecule has 0 aliphatic carbocycles. The molecule has 0 fully saturated rings. The summed E-state index contributed by atoms with van der Waals surface area (Å²) in [6.45, 7) is 13.1. The summed E-state index contributed by atoms with van der Waals surface area (Å²) in [5, 5.41) is 3.07. The number of unbranched alkanes of at least 4 members (excludes halogenated alkanes) is 1. The Morgan fingerprint density at radius 1 is 1.12 bits per heavy atom. The lowest BCUT2D eigenvalue weighted by Gasteiger charge is -2.10. The topological polar surface area (TPSA) is 15.3 Å². The van der Waals surface area contributed by atoms with Crippen LogP contribution in [0.4, 0.5) is 0 Å². The van der Waals surface area contributed by atoms with Crippen LogP contribution < -0.4 is 5.32 Å². The Labute approximate surface area is 105 Å². The molecule has 2 nitrogen and oxygen atoms in total. The van der Waals surface area contributed by atoms with Gasteiger partial charge in [0.1, 0.15) is 0 Å². The zero-order valence-corrected chi connectivity index (χ0v) is 13.1. The molecule has 0 aliphatic rings. The molecule has 0 rings (SSSR count). The predicted octanol–water partition coefficient (Wildman–Crippen LogP) is 3.63. The Balaban J connectivity index is -0.000000188. The summed E-state index contributed by atoms with van der Waals surface area (Å²) < 4.78 is 0. The van der Waals surface area contributed by atoms with Gasteiger partial charge in [-0.2, -0.15) is 0 Å². The van der Waals surface area contributed by atoms with E-state index in [0.29, 0.717) is 0 Å². The van der Waals surface area contributed by atoms with Crippen LogP contribution in [0.3, 0.4) is 0 Å². The van der Waals surface area contributed by atoms with E-state index < -0.39 is 0 Å². The molecule has 0 atom stereocenters. The van der Waals surface area contributed by atoms with E-state index in [0.717, 1.165) is 12.5 Å². The van der Waals surface area contributed by atoms with Gasteiger partial charge >= 0.3 is 0 Å². The molecule has 0 radical (unpaired) electrons. The molecule has 0 aromatic heterocycles. The fourth-order valence-electron chi connectivity index (χ4n) is 0.870. The van der Waals surface area contributed by atoms with Crippen LogP contribution in [-0.4, -0.2) is 39.1 Å². The highest BCUT2D eigenvalue weighted by molar-refractivity contribution is 4.47. The van der Waals surface area contributed by atoms with Crippen LogP contribution in [0.1, 0.15) is 53.9 Å². The maximum absolute atomic E-state index is 3.07. The van der Waals surface area contributed by atoms with Gasteiger partial charge in [-0.1, -0.05) is 41.0 Å². The first-order valence-corrected chi connectivity index (χ1v) is 6.83. The quantitative estimate of drug-likeness (QED) is 0.704. The molecular weight excluding hydrogens is 196 g/mol. The number of nitrogens with one attached hydrogen (secondary N) is 1. The summed E-state index contributed by atoms with van der Waals surface area (Å²) in [4.78, 5) is 2.22. The number of hydrogen-bond acceptors (Lipinski definition) is 2. The zero-order valence-electron chi connectivity index (χ0n) is 13.1. The number of rotatable bonds is 6. The Bertz CT molecular complexity index is 78.7. The minimum absolute atomic E-state index is 0.845. The van der Waals surface area contributed by atoms with Gasteiger partial charge in [0, 0.05) is 0 Å². The van der Waals surface area contributed by atoms with Crippen LogP contribution in [0, 0.1) is 5.92 Å². The summed E-state index contributed by atoms with van der Waals surface area (Å²) in [5.74, 6) is 0.845. The number of nitrogens with zero attached hydrogens (tertiary/aromatic N) is 1. The Morgan fingerprint density at radius 2 is 1.62 bits per heavy atom. The highest BCUT2D eigenvalue weighted by Gasteiger charge is 1.93. The average Bonchev–Trinajstić information content (AvgIpc) is 2.27. The fourth-order valence-corrected chi connectivity index (χ4v) is 0.870. The molecule has 2 heteroatoms. The summed E-state index contributed by atoms with van der Waals surface area (Å²) >= 11 is 0. The summed E-state index contributed by atoms with van der Waals surface area (Å²) in [5.41, 5.74) is 0. The molecule has 0 aromatic carbocycles. The van der Waals surface area contributed by atoms with E-state index in [2.05, 4.69) is 45.1 Å². The predicted molar refractivity (Wildman–Crippen MR) is 78.2 cm³/mol. The third kappa shape index (κ3) is 37.0. The lowest BCUT2D eigenvalue weighted by atomic mass is 10.1. The molecule has 0 saturated carbocycles. The van der Waals surface area contributed by atoms with Gasteiger partial charge in [-0.15, -0.1) is 0 Å². The summed E-state index contributed by atoms with van der Waals surface area (Å²) in [7, 11) is 6.21. The van der Waals surface area contributed by atoms with Crippen LogP contribution in [0.15, 0.2) is 0 Å². The van der Waals surface area contributed by atoms with Crippen LogP contribution in [0.5, 0.6) is 0 Å². The Morgan fingerprint density at radius 3 is 1.75 bits per heavy atom. The van der Waals surface area contributed by atoms with E-state index in [9.17, 15) is 0 Å². The van der Waals surface area contributed by atoms with Crippen molar-refractivity contribution < 1.29 is 0 Å². The second-order valence-electron chi connectivity index (χ2n) is 4.44. The van der Waals surface area contributed by atoms with Crippen molar-refractivity contribution >= 4 is 0 Å². The van der Waals surface area contributed by atoms with Crippen molar-refractivity contribution in [2.75, 3.05) is 34.2 Å². The SMILES string of the molecule is CC.CC(C)CCN(C)C.CCCCNC. The summed E-state index contributed by atoms with van der Waals surface area (Å²) in [6, 6.07) is 0. The first kappa shape index (κ1) is 21.2. The minimum Gasteiger partial charge on any atom is -0.320 e. The largest absolute Gasteiger partial charge is 0.320 e. The molecular formula is C14H36N2. The van der Waals surface area contributed by atoms with E-state index in [1.54, 1.807) is 0 Å². The van der Waals surface area contributed by atoms with Crippen molar-refractivity contribution in [3.05, 3.63) is 0 Å². The fraction of sp³-hybridized carbons (Fsp3) is 1.00.